The molecule has 0 atom stereocenters. The van der Waals surface area contributed by atoms with Gasteiger partial charge in [0.1, 0.15) is 17.6 Å². The summed E-state index contributed by atoms with van der Waals surface area (Å²) in [6.45, 7) is 0. The SMILES string of the molecule is O=Cc1cn(-c2nccc(C(=O)O)c2F)cn1. The molecule has 0 fully saturated rings. The van der Waals surface area contributed by atoms with Crippen LogP contribution in [0.4, 0.5) is 4.39 Å². The van der Waals surface area contributed by atoms with Crippen LogP contribution >= 0.6 is 0 Å². The summed E-state index contributed by atoms with van der Waals surface area (Å²) in [5.74, 6) is -2.58. The molecule has 17 heavy (non-hydrogen) atoms. The number of carboxylic acids is 1. The van der Waals surface area contributed by atoms with E-state index in [0.717, 1.165) is 10.6 Å². The summed E-state index contributed by atoms with van der Waals surface area (Å²) in [5, 5.41) is 8.74. The van der Waals surface area contributed by atoms with E-state index in [9.17, 15) is 14.0 Å². The van der Waals surface area contributed by atoms with Gasteiger partial charge in [-0.3, -0.25) is 9.36 Å². The molecule has 0 saturated heterocycles. The second kappa shape index (κ2) is 4.12. The highest BCUT2D eigenvalue weighted by Crippen LogP contribution is 2.14. The molecule has 2 rings (SSSR count). The van der Waals surface area contributed by atoms with Crippen LogP contribution in [-0.2, 0) is 0 Å². The Bertz CT molecular complexity index is 594. The molecule has 86 valence electrons. The van der Waals surface area contributed by atoms with Crippen LogP contribution in [0.25, 0.3) is 5.82 Å². The molecule has 0 unspecified atom stereocenters. The molecule has 0 spiro atoms. The predicted molar refractivity (Wildman–Crippen MR) is 53.7 cm³/mol. The highest BCUT2D eigenvalue weighted by Gasteiger charge is 2.16. The van der Waals surface area contributed by atoms with Crippen molar-refractivity contribution in [2.75, 3.05) is 0 Å². The molecule has 0 amide bonds. The van der Waals surface area contributed by atoms with Gasteiger partial charge < -0.3 is 5.11 Å². The third-order valence-corrected chi connectivity index (χ3v) is 2.07. The number of aromatic carboxylic acids is 1. The molecule has 0 bridgehead atoms. The second-order valence-electron chi connectivity index (χ2n) is 3.12. The van der Waals surface area contributed by atoms with E-state index in [4.69, 9.17) is 5.11 Å². The van der Waals surface area contributed by atoms with Crippen LogP contribution in [0.15, 0.2) is 24.8 Å². The molecule has 1 N–H and O–H groups in total. The van der Waals surface area contributed by atoms with Gasteiger partial charge in [-0.05, 0) is 6.07 Å². The number of carbonyl (C=O) groups is 2. The fraction of sp³-hybridized carbons (Fsp3) is 0. The number of nitrogens with zero attached hydrogens (tertiary/aromatic N) is 3. The third-order valence-electron chi connectivity index (χ3n) is 2.07. The number of carboxylic acid groups (broad SMARTS) is 1. The quantitative estimate of drug-likeness (QED) is 0.799. The van der Waals surface area contributed by atoms with E-state index in [-0.39, 0.29) is 11.5 Å². The summed E-state index contributed by atoms with van der Waals surface area (Å²) in [7, 11) is 0. The summed E-state index contributed by atoms with van der Waals surface area (Å²) in [6.07, 6.45) is 4.10. The fourth-order valence-corrected chi connectivity index (χ4v) is 1.29. The normalized spacial score (nSPS) is 10.2. The zero-order valence-electron chi connectivity index (χ0n) is 8.37. The average molecular weight is 235 g/mol. The maximum Gasteiger partial charge on any atom is 0.338 e. The Morgan fingerprint density at radius 1 is 1.47 bits per heavy atom. The highest BCUT2D eigenvalue weighted by molar-refractivity contribution is 5.88. The van der Waals surface area contributed by atoms with Crippen molar-refractivity contribution in [3.05, 3.63) is 41.9 Å². The lowest BCUT2D eigenvalue weighted by molar-refractivity contribution is 0.0691. The monoisotopic (exact) mass is 235 g/mol. The number of rotatable bonds is 3. The number of hydrogen-bond donors (Lipinski definition) is 1. The van der Waals surface area contributed by atoms with Crippen molar-refractivity contribution in [2.45, 2.75) is 0 Å². The minimum absolute atomic E-state index is 0.104. The molecule has 2 heterocycles. The molecule has 0 aliphatic carbocycles. The van der Waals surface area contributed by atoms with Crippen molar-refractivity contribution in [1.29, 1.82) is 0 Å². The Morgan fingerprint density at radius 2 is 2.24 bits per heavy atom. The number of pyridine rings is 1. The minimum Gasteiger partial charge on any atom is -0.478 e. The highest BCUT2D eigenvalue weighted by atomic mass is 19.1. The molecular weight excluding hydrogens is 229 g/mol. The van der Waals surface area contributed by atoms with E-state index < -0.39 is 17.3 Å². The van der Waals surface area contributed by atoms with Gasteiger partial charge in [-0.15, -0.1) is 0 Å². The first-order valence-electron chi connectivity index (χ1n) is 4.51. The first kappa shape index (κ1) is 10.9. The fourth-order valence-electron chi connectivity index (χ4n) is 1.29. The number of imidazole rings is 1. The van der Waals surface area contributed by atoms with Crippen molar-refractivity contribution >= 4 is 12.3 Å². The zero-order valence-corrected chi connectivity index (χ0v) is 8.37. The van der Waals surface area contributed by atoms with Crippen molar-refractivity contribution in [2.24, 2.45) is 0 Å². The average Bonchev–Trinajstić information content (AvgIpc) is 2.77. The van der Waals surface area contributed by atoms with Crippen LogP contribution < -0.4 is 0 Å². The van der Waals surface area contributed by atoms with Gasteiger partial charge in [0.2, 0.25) is 0 Å². The largest absolute Gasteiger partial charge is 0.478 e. The predicted octanol–water partition coefficient (Wildman–Crippen LogP) is 0.917. The van der Waals surface area contributed by atoms with E-state index in [2.05, 4.69) is 9.97 Å². The molecule has 0 saturated carbocycles. The Labute approximate surface area is 94.4 Å². The summed E-state index contributed by atoms with van der Waals surface area (Å²) in [6, 6.07) is 1.05. The number of hydrogen-bond acceptors (Lipinski definition) is 4. The smallest absolute Gasteiger partial charge is 0.338 e. The van der Waals surface area contributed by atoms with Gasteiger partial charge in [0, 0.05) is 12.4 Å². The van der Waals surface area contributed by atoms with Crippen LogP contribution in [0, 0.1) is 5.82 Å². The lowest BCUT2D eigenvalue weighted by Gasteiger charge is -2.04. The number of aromatic nitrogens is 3. The van der Waals surface area contributed by atoms with E-state index in [1.807, 2.05) is 0 Å². The first-order valence-corrected chi connectivity index (χ1v) is 4.51. The number of carbonyl (C=O) groups excluding carboxylic acids is 1. The molecule has 0 aliphatic heterocycles. The molecule has 6 nitrogen and oxygen atoms in total. The maximum absolute atomic E-state index is 13.7. The lowest BCUT2D eigenvalue weighted by Crippen LogP contribution is -2.06. The van der Waals surface area contributed by atoms with E-state index in [1.165, 1.54) is 18.7 Å². The van der Waals surface area contributed by atoms with E-state index in [0.29, 0.717) is 6.29 Å². The molecule has 0 aromatic carbocycles. The van der Waals surface area contributed by atoms with Crippen LogP contribution in [0.1, 0.15) is 20.8 Å². The summed E-state index contributed by atoms with van der Waals surface area (Å²) >= 11 is 0. The minimum atomic E-state index is -1.39. The van der Waals surface area contributed by atoms with Crippen molar-refractivity contribution in [1.82, 2.24) is 14.5 Å². The van der Waals surface area contributed by atoms with Gasteiger partial charge in [0.25, 0.3) is 0 Å². The number of aldehydes is 1. The van der Waals surface area contributed by atoms with E-state index >= 15 is 0 Å². The van der Waals surface area contributed by atoms with Crippen molar-refractivity contribution < 1.29 is 19.1 Å². The molecule has 0 aliphatic rings. The number of halogens is 1. The first-order chi connectivity index (χ1) is 8.13. The van der Waals surface area contributed by atoms with Gasteiger partial charge >= 0.3 is 5.97 Å². The summed E-state index contributed by atoms with van der Waals surface area (Å²) in [4.78, 5) is 28.5. The van der Waals surface area contributed by atoms with Crippen LogP contribution in [0.2, 0.25) is 0 Å². The van der Waals surface area contributed by atoms with Gasteiger partial charge in [-0.2, -0.15) is 0 Å². The summed E-state index contributed by atoms with van der Waals surface area (Å²) in [5.41, 5.74) is -0.386. The topological polar surface area (TPSA) is 85.1 Å². The second-order valence-corrected chi connectivity index (χ2v) is 3.12. The van der Waals surface area contributed by atoms with Gasteiger partial charge in [-0.1, -0.05) is 0 Å². The zero-order chi connectivity index (χ0) is 12.4. The lowest BCUT2D eigenvalue weighted by atomic mass is 10.2. The standard InChI is InChI=1S/C10H6FN3O3/c11-8-7(10(16)17)1-2-12-9(8)14-3-6(4-15)13-5-14/h1-5H,(H,16,17). The molecule has 0 radical (unpaired) electrons. The van der Waals surface area contributed by atoms with Gasteiger partial charge in [-0.25, -0.2) is 19.2 Å². The third kappa shape index (κ3) is 1.89. The molecule has 2 aromatic rings. The molecule has 2 aromatic heterocycles. The molecule has 7 heteroatoms. The van der Waals surface area contributed by atoms with E-state index in [1.54, 1.807) is 0 Å². The Balaban J connectivity index is 2.55. The molecular formula is C10H6FN3O3. The van der Waals surface area contributed by atoms with Crippen LogP contribution in [0.5, 0.6) is 0 Å². The van der Waals surface area contributed by atoms with Crippen molar-refractivity contribution in [3.63, 3.8) is 0 Å². The van der Waals surface area contributed by atoms with Gasteiger partial charge in [0.05, 0.1) is 0 Å². The van der Waals surface area contributed by atoms with Gasteiger partial charge in [0.15, 0.2) is 17.9 Å². The van der Waals surface area contributed by atoms with Crippen molar-refractivity contribution in [3.8, 4) is 5.82 Å². The van der Waals surface area contributed by atoms with Crippen LogP contribution in [-0.4, -0.2) is 31.9 Å². The Hall–Kier alpha value is -2.57. The maximum atomic E-state index is 13.7. The summed E-state index contributed by atoms with van der Waals surface area (Å²) < 4.78 is 14.9. The van der Waals surface area contributed by atoms with Crippen LogP contribution in [0.3, 0.4) is 0 Å². The Morgan fingerprint density at radius 3 is 2.82 bits per heavy atom. The Kier molecular flexibility index (Phi) is 2.65.